The highest BCUT2D eigenvalue weighted by molar-refractivity contribution is 7.15. The number of carbonyl (C=O) groups is 3. The Balaban J connectivity index is 2.11. The van der Waals surface area contributed by atoms with Crippen LogP contribution in [0.15, 0.2) is 24.4 Å². The molecule has 2 amide bonds. The number of hydrogen-bond donors (Lipinski definition) is 2. The maximum absolute atomic E-state index is 12.2. The monoisotopic (exact) mass is 331 g/mol. The Morgan fingerprint density at radius 1 is 1.22 bits per heavy atom. The van der Waals surface area contributed by atoms with Crippen molar-refractivity contribution in [2.24, 2.45) is 0 Å². The molecule has 120 valence electrons. The highest BCUT2D eigenvalue weighted by Crippen LogP contribution is 2.22. The smallest absolute Gasteiger partial charge is 0.267 e. The van der Waals surface area contributed by atoms with Gasteiger partial charge in [-0.15, -0.1) is 11.3 Å². The fraction of sp³-hybridized carbons (Fsp3) is 0.250. The summed E-state index contributed by atoms with van der Waals surface area (Å²) in [6.07, 6.45) is 1.79. The number of ketones is 1. The molecule has 2 rings (SSSR count). The molecule has 0 saturated heterocycles. The number of aromatic nitrogens is 1. The summed E-state index contributed by atoms with van der Waals surface area (Å²) >= 11 is 1.06. The van der Waals surface area contributed by atoms with Crippen LogP contribution in [0.1, 0.15) is 45.3 Å². The van der Waals surface area contributed by atoms with Gasteiger partial charge in [-0.2, -0.15) is 0 Å². The first-order valence-corrected chi connectivity index (χ1v) is 7.91. The van der Waals surface area contributed by atoms with Crippen molar-refractivity contribution < 1.29 is 14.4 Å². The summed E-state index contributed by atoms with van der Waals surface area (Å²) < 4.78 is 0. The first-order valence-electron chi connectivity index (χ1n) is 7.09. The van der Waals surface area contributed by atoms with E-state index in [1.165, 1.54) is 13.1 Å². The third kappa shape index (κ3) is 4.23. The minimum absolute atomic E-state index is 0.0670. The molecule has 6 nitrogen and oxygen atoms in total. The zero-order valence-corrected chi connectivity index (χ0v) is 13.9. The van der Waals surface area contributed by atoms with Crippen molar-refractivity contribution >= 4 is 40.3 Å². The van der Waals surface area contributed by atoms with Gasteiger partial charge >= 0.3 is 0 Å². The van der Waals surface area contributed by atoms with Gasteiger partial charge in [0, 0.05) is 24.7 Å². The Labute approximate surface area is 137 Å². The summed E-state index contributed by atoms with van der Waals surface area (Å²) in [5.41, 5.74) is 2.15. The lowest BCUT2D eigenvalue weighted by Gasteiger charge is -2.10. The summed E-state index contributed by atoms with van der Waals surface area (Å²) in [7, 11) is 0. The fourth-order valence-corrected chi connectivity index (χ4v) is 2.56. The van der Waals surface area contributed by atoms with E-state index in [-0.39, 0.29) is 17.6 Å². The Morgan fingerprint density at radius 3 is 2.52 bits per heavy atom. The first-order chi connectivity index (χ1) is 10.9. The van der Waals surface area contributed by atoms with Crippen molar-refractivity contribution in [3.05, 3.63) is 39.8 Å². The molecule has 0 aliphatic rings. The third-order valence-electron chi connectivity index (χ3n) is 3.11. The normalized spacial score (nSPS) is 10.2. The molecule has 1 heterocycles. The number of thiazole rings is 1. The molecule has 0 radical (unpaired) electrons. The Morgan fingerprint density at radius 2 is 1.96 bits per heavy atom. The Bertz CT molecular complexity index is 768. The predicted molar refractivity (Wildman–Crippen MR) is 90.2 cm³/mol. The van der Waals surface area contributed by atoms with Crippen LogP contribution >= 0.6 is 11.3 Å². The van der Waals surface area contributed by atoms with Gasteiger partial charge in [0.25, 0.3) is 5.91 Å². The molecule has 0 aliphatic carbocycles. The molecule has 7 heteroatoms. The minimum atomic E-state index is -0.316. The standard InChI is InChI=1S/C16H17N3O3S/c1-4-14(21)18-11-5-6-12(9(2)7-11)19-15(22)13-8-17-16(23-13)10(3)20/h5-8H,4H2,1-3H3,(H,18,21)(H,19,22). The molecule has 23 heavy (non-hydrogen) atoms. The fourth-order valence-electron chi connectivity index (χ4n) is 1.86. The molecular formula is C16H17N3O3S. The van der Waals surface area contributed by atoms with Gasteiger partial charge < -0.3 is 10.6 Å². The summed E-state index contributed by atoms with van der Waals surface area (Å²) in [5, 5.41) is 5.85. The van der Waals surface area contributed by atoms with E-state index in [1.807, 2.05) is 6.92 Å². The molecule has 2 N–H and O–H groups in total. The molecule has 0 fully saturated rings. The summed E-state index contributed by atoms with van der Waals surface area (Å²) in [6.45, 7) is 5.03. The van der Waals surface area contributed by atoms with Crippen molar-refractivity contribution in [1.29, 1.82) is 0 Å². The molecular weight excluding hydrogens is 314 g/mol. The highest BCUT2D eigenvalue weighted by atomic mass is 32.1. The van der Waals surface area contributed by atoms with E-state index in [9.17, 15) is 14.4 Å². The van der Waals surface area contributed by atoms with Gasteiger partial charge in [-0.05, 0) is 30.7 Å². The van der Waals surface area contributed by atoms with Crippen LogP contribution < -0.4 is 10.6 Å². The number of rotatable bonds is 5. The number of benzene rings is 1. The van der Waals surface area contributed by atoms with E-state index in [2.05, 4.69) is 15.6 Å². The van der Waals surface area contributed by atoms with Crippen LogP contribution in [0.5, 0.6) is 0 Å². The lowest BCUT2D eigenvalue weighted by atomic mass is 10.1. The van der Waals surface area contributed by atoms with Crippen LogP contribution in [0, 0.1) is 6.92 Å². The average Bonchev–Trinajstić information content (AvgIpc) is 3.00. The van der Waals surface area contributed by atoms with Gasteiger partial charge in [-0.3, -0.25) is 14.4 Å². The van der Waals surface area contributed by atoms with Gasteiger partial charge in [-0.1, -0.05) is 6.92 Å². The van der Waals surface area contributed by atoms with Crippen LogP contribution in [-0.4, -0.2) is 22.6 Å². The number of amides is 2. The van der Waals surface area contributed by atoms with Crippen LogP contribution in [0.25, 0.3) is 0 Å². The van der Waals surface area contributed by atoms with Gasteiger partial charge in [0.1, 0.15) is 4.88 Å². The van der Waals surface area contributed by atoms with Crippen LogP contribution in [0.3, 0.4) is 0 Å². The van der Waals surface area contributed by atoms with E-state index >= 15 is 0 Å². The molecule has 2 aromatic rings. The van der Waals surface area contributed by atoms with Crippen molar-refractivity contribution in [3.8, 4) is 0 Å². The molecule has 0 atom stereocenters. The lowest BCUT2D eigenvalue weighted by Crippen LogP contribution is -2.12. The number of carbonyl (C=O) groups excluding carboxylic acids is 3. The topological polar surface area (TPSA) is 88.2 Å². The zero-order valence-electron chi connectivity index (χ0n) is 13.1. The lowest BCUT2D eigenvalue weighted by molar-refractivity contribution is -0.115. The molecule has 1 aromatic heterocycles. The Kier molecular flexibility index (Phi) is 5.23. The quantitative estimate of drug-likeness (QED) is 0.823. The molecule has 0 saturated carbocycles. The summed E-state index contributed by atoms with van der Waals surface area (Å²) in [5.74, 6) is -0.549. The Hall–Kier alpha value is -2.54. The van der Waals surface area contributed by atoms with E-state index in [0.717, 1.165) is 16.9 Å². The van der Waals surface area contributed by atoms with E-state index in [4.69, 9.17) is 0 Å². The second-order valence-corrected chi connectivity index (χ2v) is 6.00. The highest BCUT2D eigenvalue weighted by Gasteiger charge is 2.14. The number of anilines is 2. The van der Waals surface area contributed by atoms with E-state index in [1.54, 1.807) is 25.1 Å². The van der Waals surface area contributed by atoms with Gasteiger partial charge in [0.05, 0.1) is 6.20 Å². The second-order valence-electron chi connectivity index (χ2n) is 4.97. The van der Waals surface area contributed by atoms with E-state index in [0.29, 0.717) is 27.7 Å². The van der Waals surface area contributed by atoms with Gasteiger partial charge in [0.15, 0.2) is 10.8 Å². The van der Waals surface area contributed by atoms with E-state index < -0.39 is 0 Å². The SMILES string of the molecule is CCC(=O)Nc1ccc(NC(=O)c2cnc(C(C)=O)s2)c(C)c1. The molecule has 0 unspecified atom stereocenters. The largest absolute Gasteiger partial charge is 0.326 e. The third-order valence-corrected chi connectivity index (χ3v) is 4.21. The van der Waals surface area contributed by atoms with Crippen molar-refractivity contribution in [2.45, 2.75) is 27.2 Å². The van der Waals surface area contributed by atoms with Crippen molar-refractivity contribution in [1.82, 2.24) is 4.98 Å². The predicted octanol–water partition coefficient (Wildman–Crippen LogP) is 3.25. The van der Waals surface area contributed by atoms with Gasteiger partial charge in [-0.25, -0.2) is 4.98 Å². The number of aryl methyl sites for hydroxylation is 1. The van der Waals surface area contributed by atoms with Crippen molar-refractivity contribution in [2.75, 3.05) is 10.6 Å². The minimum Gasteiger partial charge on any atom is -0.326 e. The van der Waals surface area contributed by atoms with Crippen LogP contribution in [-0.2, 0) is 4.79 Å². The van der Waals surface area contributed by atoms with Gasteiger partial charge in [0.2, 0.25) is 5.91 Å². The maximum Gasteiger partial charge on any atom is 0.267 e. The maximum atomic E-state index is 12.2. The van der Waals surface area contributed by atoms with Crippen molar-refractivity contribution in [3.63, 3.8) is 0 Å². The molecule has 0 spiro atoms. The molecule has 0 bridgehead atoms. The molecule has 0 aliphatic heterocycles. The number of nitrogens with zero attached hydrogens (tertiary/aromatic N) is 1. The van der Waals surface area contributed by atoms with Crippen LogP contribution in [0.2, 0.25) is 0 Å². The number of hydrogen-bond acceptors (Lipinski definition) is 5. The van der Waals surface area contributed by atoms with Crippen LogP contribution in [0.4, 0.5) is 11.4 Å². The number of nitrogens with one attached hydrogen (secondary N) is 2. The molecule has 1 aromatic carbocycles. The summed E-state index contributed by atoms with van der Waals surface area (Å²) in [4.78, 5) is 39.1. The summed E-state index contributed by atoms with van der Waals surface area (Å²) in [6, 6.07) is 5.24. The number of Topliss-reactive ketones (excluding diaryl/α,β-unsaturated/α-hetero) is 1. The zero-order chi connectivity index (χ0) is 17.0. The average molecular weight is 331 g/mol. The second kappa shape index (κ2) is 7.15. The first kappa shape index (κ1) is 16.8.